The molecule has 7 nitrogen and oxygen atoms in total. The molecule has 28 heavy (non-hydrogen) atoms. The predicted octanol–water partition coefficient (Wildman–Crippen LogP) is 2.73. The van der Waals surface area contributed by atoms with Crippen LogP contribution < -0.4 is 4.72 Å². The second-order valence-electron chi connectivity index (χ2n) is 6.22. The molecule has 0 radical (unpaired) electrons. The van der Waals surface area contributed by atoms with E-state index in [0.717, 1.165) is 11.0 Å². The Balaban J connectivity index is 2.01. The van der Waals surface area contributed by atoms with Crippen molar-refractivity contribution < 1.29 is 22.7 Å². The summed E-state index contributed by atoms with van der Waals surface area (Å²) in [5.74, 6) is -0.996. The van der Waals surface area contributed by atoms with E-state index in [1.165, 1.54) is 42.2 Å². The van der Waals surface area contributed by atoms with Crippen molar-refractivity contribution >= 4 is 33.7 Å². The largest absolute Gasteiger partial charge is 0.449 e. The van der Waals surface area contributed by atoms with Gasteiger partial charge in [0.2, 0.25) is 0 Å². The van der Waals surface area contributed by atoms with E-state index >= 15 is 0 Å². The molecule has 1 N–H and O–H groups in total. The number of ether oxygens (including phenoxy) is 1. The molecule has 0 aliphatic rings. The number of anilines is 1. The molecule has 2 aromatic rings. The molecule has 1 amide bonds. The Bertz CT molecular complexity index is 952. The minimum atomic E-state index is -3.70. The van der Waals surface area contributed by atoms with Crippen molar-refractivity contribution in [2.75, 3.05) is 18.8 Å². The molecule has 0 unspecified atom stereocenters. The summed E-state index contributed by atoms with van der Waals surface area (Å²) in [6.07, 6.45) is 0.570. The maximum atomic E-state index is 12.1. The standard InChI is InChI=1S/C20H22N2O5S/c1-15(19(23)22(2)3)27-20(24)17-9-11-18(12-10-17)21-28(25,26)14-13-16-7-5-4-6-8-16/h4-15,21H,1-3H3/b14-13+/t15-/m1/s1. The number of hydrogen-bond acceptors (Lipinski definition) is 5. The third-order valence-corrected chi connectivity index (χ3v) is 4.71. The smallest absolute Gasteiger partial charge is 0.338 e. The van der Waals surface area contributed by atoms with Gasteiger partial charge in [0.05, 0.1) is 11.0 Å². The summed E-state index contributed by atoms with van der Waals surface area (Å²) in [6.45, 7) is 1.49. The minimum Gasteiger partial charge on any atom is -0.449 e. The number of hydrogen-bond donors (Lipinski definition) is 1. The molecule has 1 atom stereocenters. The molecule has 8 heteroatoms. The van der Waals surface area contributed by atoms with Crippen LogP contribution in [-0.4, -0.2) is 45.4 Å². The highest BCUT2D eigenvalue weighted by molar-refractivity contribution is 7.95. The van der Waals surface area contributed by atoms with E-state index in [2.05, 4.69) is 4.72 Å². The van der Waals surface area contributed by atoms with Gasteiger partial charge < -0.3 is 9.64 Å². The maximum Gasteiger partial charge on any atom is 0.338 e. The normalized spacial score (nSPS) is 12.4. The third kappa shape index (κ3) is 6.24. The van der Waals surface area contributed by atoms with Gasteiger partial charge in [-0.05, 0) is 42.8 Å². The number of likely N-dealkylation sites (N-methyl/N-ethyl adjacent to an activating group) is 1. The maximum absolute atomic E-state index is 12.1. The Labute approximate surface area is 164 Å². The van der Waals surface area contributed by atoms with Crippen molar-refractivity contribution in [3.63, 3.8) is 0 Å². The Morgan fingerprint density at radius 3 is 2.21 bits per heavy atom. The van der Waals surface area contributed by atoms with E-state index in [-0.39, 0.29) is 11.5 Å². The fourth-order valence-electron chi connectivity index (χ4n) is 2.25. The van der Waals surface area contributed by atoms with Gasteiger partial charge in [-0.1, -0.05) is 30.3 Å². The zero-order chi connectivity index (χ0) is 20.7. The summed E-state index contributed by atoms with van der Waals surface area (Å²) in [5, 5.41) is 1.07. The fourth-order valence-corrected chi connectivity index (χ4v) is 3.12. The number of nitrogens with one attached hydrogen (secondary N) is 1. The van der Waals surface area contributed by atoms with Crippen LogP contribution in [0.1, 0.15) is 22.8 Å². The summed E-state index contributed by atoms with van der Waals surface area (Å²) in [5.41, 5.74) is 1.26. The first-order chi connectivity index (χ1) is 13.2. The molecule has 148 valence electrons. The van der Waals surface area contributed by atoms with Gasteiger partial charge in [0.15, 0.2) is 6.10 Å². The van der Waals surface area contributed by atoms with Crippen molar-refractivity contribution in [1.82, 2.24) is 4.90 Å². The van der Waals surface area contributed by atoms with Crippen LogP contribution in [0, 0.1) is 0 Å². The van der Waals surface area contributed by atoms with Crippen LogP contribution >= 0.6 is 0 Å². The first kappa shape index (κ1) is 21.2. The molecule has 0 aromatic heterocycles. The summed E-state index contributed by atoms with van der Waals surface area (Å²) in [7, 11) is -0.564. The number of esters is 1. The Morgan fingerprint density at radius 2 is 1.64 bits per heavy atom. The molecule has 0 saturated carbocycles. The van der Waals surface area contributed by atoms with E-state index in [9.17, 15) is 18.0 Å². The van der Waals surface area contributed by atoms with E-state index in [1.54, 1.807) is 26.2 Å². The average Bonchev–Trinajstić information content (AvgIpc) is 2.66. The molecule has 0 bridgehead atoms. The highest BCUT2D eigenvalue weighted by Gasteiger charge is 2.20. The molecule has 0 spiro atoms. The monoisotopic (exact) mass is 402 g/mol. The zero-order valence-electron chi connectivity index (χ0n) is 15.8. The second kappa shape index (κ2) is 9.18. The number of carbonyl (C=O) groups is 2. The molecule has 0 fully saturated rings. The molecular weight excluding hydrogens is 380 g/mol. The highest BCUT2D eigenvalue weighted by Crippen LogP contribution is 2.14. The van der Waals surface area contributed by atoms with Crippen LogP contribution in [0.3, 0.4) is 0 Å². The summed E-state index contributed by atoms with van der Waals surface area (Å²) >= 11 is 0. The Kier molecular flexibility index (Phi) is 6.94. The number of benzene rings is 2. The Morgan fingerprint density at radius 1 is 1.04 bits per heavy atom. The van der Waals surface area contributed by atoms with E-state index in [0.29, 0.717) is 5.69 Å². The number of nitrogens with zero attached hydrogens (tertiary/aromatic N) is 1. The quantitative estimate of drug-likeness (QED) is 0.719. The van der Waals surface area contributed by atoms with Crippen LogP contribution in [0.4, 0.5) is 5.69 Å². The molecular formula is C20H22N2O5S. The van der Waals surface area contributed by atoms with Crippen molar-refractivity contribution in [3.8, 4) is 0 Å². The van der Waals surface area contributed by atoms with Crippen molar-refractivity contribution in [2.45, 2.75) is 13.0 Å². The Hall–Kier alpha value is -3.13. The molecule has 2 rings (SSSR count). The van der Waals surface area contributed by atoms with Crippen LogP contribution in [0.5, 0.6) is 0 Å². The molecule has 2 aromatic carbocycles. The van der Waals surface area contributed by atoms with E-state index in [4.69, 9.17) is 4.74 Å². The van der Waals surface area contributed by atoms with Gasteiger partial charge in [-0.15, -0.1) is 0 Å². The lowest BCUT2D eigenvalue weighted by Crippen LogP contribution is -2.34. The molecule has 0 heterocycles. The number of sulfonamides is 1. The lowest BCUT2D eigenvalue weighted by Gasteiger charge is -2.17. The molecule has 0 aliphatic carbocycles. The first-order valence-electron chi connectivity index (χ1n) is 8.46. The molecule has 0 aliphatic heterocycles. The average molecular weight is 402 g/mol. The summed E-state index contributed by atoms with van der Waals surface area (Å²) in [6, 6.07) is 14.8. The van der Waals surface area contributed by atoms with Crippen molar-refractivity contribution in [3.05, 3.63) is 71.1 Å². The SMILES string of the molecule is C[C@@H](OC(=O)c1ccc(NS(=O)(=O)/C=C/c2ccccc2)cc1)C(=O)N(C)C. The van der Waals surface area contributed by atoms with Crippen LogP contribution in [0.25, 0.3) is 6.08 Å². The third-order valence-electron chi connectivity index (χ3n) is 3.69. The van der Waals surface area contributed by atoms with Crippen LogP contribution in [0.2, 0.25) is 0 Å². The summed E-state index contributed by atoms with van der Waals surface area (Å²) < 4.78 is 31.8. The van der Waals surface area contributed by atoms with Crippen LogP contribution in [-0.2, 0) is 19.6 Å². The van der Waals surface area contributed by atoms with Gasteiger partial charge in [0.25, 0.3) is 15.9 Å². The summed E-state index contributed by atoms with van der Waals surface area (Å²) in [4.78, 5) is 25.2. The van der Waals surface area contributed by atoms with E-state index < -0.39 is 22.1 Å². The van der Waals surface area contributed by atoms with Gasteiger partial charge >= 0.3 is 5.97 Å². The van der Waals surface area contributed by atoms with Gasteiger partial charge in [-0.3, -0.25) is 9.52 Å². The van der Waals surface area contributed by atoms with Gasteiger partial charge in [-0.2, -0.15) is 0 Å². The minimum absolute atomic E-state index is 0.209. The topological polar surface area (TPSA) is 92.8 Å². The lowest BCUT2D eigenvalue weighted by molar-refractivity contribution is -0.137. The first-order valence-corrected chi connectivity index (χ1v) is 10.0. The lowest BCUT2D eigenvalue weighted by atomic mass is 10.2. The fraction of sp³-hybridized carbons (Fsp3) is 0.200. The van der Waals surface area contributed by atoms with Gasteiger partial charge in [0, 0.05) is 19.8 Å². The van der Waals surface area contributed by atoms with Crippen LogP contribution in [0.15, 0.2) is 60.0 Å². The molecule has 0 saturated heterocycles. The second-order valence-corrected chi connectivity index (χ2v) is 7.78. The predicted molar refractivity (Wildman–Crippen MR) is 108 cm³/mol. The van der Waals surface area contributed by atoms with Crippen molar-refractivity contribution in [2.24, 2.45) is 0 Å². The highest BCUT2D eigenvalue weighted by atomic mass is 32.2. The number of rotatable bonds is 7. The van der Waals surface area contributed by atoms with Crippen molar-refractivity contribution in [1.29, 1.82) is 0 Å². The van der Waals surface area contributed by atoms with Gasteiger partial charge in [-0.25, -0.2) is 13.2 Å². The van der Waals surface area contributed by atoms with Gasteiger partial charge in [0.1, 0.15) is 0 Å². The number of carbonyl (C=O) groups excluding carboxylic acids is 2. The number of amides is 1. The zero-order valence-corrected chi connectivity index (χ0v) is 16.6. The van der Waals surface area contributed by atoms with E-state index in [1.807, 2.05) is 18.2 Å².